The number of Topliss-reactive ketones (excluding diaryl/α,β-unsaturated/α-hetero) is 1. The molecular weight excluding hydrogens is 584 g/mol. The maximum Gasteiger partial charge on any atom is 0.338 e. The third-order valence-corrected chi connectivity index (χ3v) is 16.4. The highest BCUT2D eigenvalue weighted by molar-refractivity contribution is 6.73. The summed E-state index contributed by atoms with van der Waals surface area (Å²) in [6.07, 6.45) is -8.20. The second-order valence-corrected chi connectivity index (χ2v) is 18.6. The number of ether oxygens (including phenoxy) is 1. The Bertz CT molecular complexity index is 1270. The van der Waals surface area contributed by atoms with Gasteiger partial charge in [-0.05, 0) is 55.3 Å². The zero-order valence-corrected chi connectivity index (χ0v) is 27.9. The summed E-state index contributed by atoms with van der Waals surface area (Å²) >= 11 is 0. The standard InChI is InChI=1S/C33H50O10Si/c1-8-44(9-2,10-3)43-23-16-22(36)32(40,18-34)26-28(42-29(39)20-14-12-11-13-15-20)33(41)17-21(35)19(4)24(30(33,5)6)25(37)27(38)31(23,26)7/h11-15,21-23,25-26,28,34-37,40-41H,8-10,16-18H2,1-7H3/t21-,22-,23-,25+,26?,28?,31+,32-,33+/m0/s1. The molecule has 6 N–H and O–H groups in total. The highest BCUT2D eigenvalue weighted by atomic mass is 28.4. The number of aliphatic hydroxyl groups is 6. The molecule has 10 nitrogen and oxygen atoms in total. The smallest absolute Gasteiger partial charge is 0.338 e. The van der Waals surface area contributed by atoms with Crippen molar-refractivity contribution in [3.05, 3.63) is 47.0 Å². The monoisotopic (exact) mass is 634 g/mol. The molecule has 0 saturated heterocycles. The number of aliphatic hydroxyl groups excluding tert-OH is 4. The summed E-state index contributed by atoms with van der Waals surface area (Å²) in [7, 11) is -2.51. The van der Waals surface area contributed by atoms with Crippen LogP contribution < -0.4 is 0 Å². The van der Waals surface area contributed by atoms with Gasteiger partial charge < -0.3 is 39.8 Å². The molecule has 9 atom stereocenters. The molecule has 2 unspecified atom stereocenters. The zero-order valence-electron chi connectivity index (χ0n) is 26.9. The average molecular weight is 635 g/mol. The fraction of sp³-hybridized carbons (Fsp3) is 0.697. The summed E-state index contributed by atoms with van der Waals surface area (Å²) < 4.78 is 13.0. The molecule has 0 radical (unpaired) electrons. The van der Waals surface area contributed by atoms with Gasteiger partial charge in [0.1, 0.15) is 23.4 Å². The number of fused-ring (bicyclic) bond motifs is 3. The van der Waals surface area contributed by atoms with E-state index in [4.69, 9.17) is 9.16 Å². The molecule has 3 aliphatic carbocycles. The lowest BCUT2D eigenvalue weighted by molar-refractivity contribution is -0.283. The summed E-state index contributed by atoms with van der Waals surface area (Å²) in [5.74, 6) is -3.29. The first kappa shape index (κ1) is 34.9. The van der Waals surface area contributed by atoms with Crippen molar-refractivity contribution in [1.82, 2.24) is 0 Å². The SMILES string of the molecule is CC[Si](CC)(CC)O[C@H]1C[C@H](O)[C@@](O)(CO)C2C(OC(=O)c3ccccc3)[C@]3(O)C[C@H](O)C(C)=C([C@@H](O)C(=O)[C@@]21C)C3(C)C. The van der Waals surface area contributed by atoms with Gasteiger partial charge in [0.15, 0.2) is 14.1 Å². The minimum atomic E-state index is -2.51. The van der Waals surface area contributed by atoms with Crippen molar-refractivity contribution in [2.24, 2.45) is 16.7 Å². The van der Waals surface area contributed by atoms with Crippen LogP contribution in [0.25, 0.3) is 0 Å². The van der Waals surface area contributed by atoms with E-state index in [1.54, 1.807) is 39.0 Å². The molecule has 4 rings (SSSR count). The Morgan fingerprint density at radius 3 is 2.09 bits per heavy atom. The maximum absolute atomic E-state index is 14.8. The minimum Gasteiger partial charge on any atom is -0.455 e. The highest BCUT2D eigenvalue weighted by Gasteiger charge is 2.74. The fourth-order valence-electron chi connectivity index (χ4n) is 8.41. The lowest BCUT2D eigenvalue weighted by Gasteiger charge is -2.64. The van der Waals surface area contributed by atoms with Crippen LogP contribution in [0.1, 0.15) is 71.7 Å². The van der Waals surface area contributed by atoms with E-state index < -0.39 is 85.1 Å². The lowest BCUT2D eigenvalue weighted by atomic mass is 9.45. The molecule has 0 aliphatic heterocycles. The van der Waals surface area contributed by atoms with Gasteiger partial charge >= 0.3 is 5.97 Å². The van der Waals surface area contributed by atoms with Crippen LogP contribution in [-0.2, 0) is 14.0 Å². The first-order valence-electron chi connectivity index (χ1n) is 15.7. The first-order valence-corrected chi connectivity index (χ1v) is 18.3. The predicted molar refractivity (Wildman–Crippen MR) is 165 cm³/mol. The summed E-state index contributed by atoms with van der Waals surface area (Å²) in [5.41, 5.74) is -7.43. The average Bonchev–Trinajstić information content (AvgIpc) is 3.00. The van der Waals surface area contributed by atoms with Gasteiger partial charge in [-0.15, -0.1) is 0 Å². The number of hydrogen-bond donors (Lipinski definition) is 6. The first-order chi connectivity index (χ1) is 20.5. The quantitative estimate of drug-likeness (QED) is 0.142. The molecule has 2 bridgehead atoms. The molecule has 2 fully saturated rings. The summed E-state index contributed by atoms with van der Waals surface area (Å²) in [6, 6.07) is 10.1. The van der Waals surface area contributed by atoms with E-state index in [0.717, 1.165) is 0 Å². The Labute approximate surface area is 260 Å². The van der Waals surface area contributed by atoms with Crippen LogP contribution in [0.2, 0.25) is 18.1 Å². The Morgan fingerprint density at radius 1 is 1.00 bits per heavy atom. The molecule has 0 spiro atoms. The Balaban J connectivity index is 2.08. The van der Waals surface area contributed by atoms with Crippen molar-refractivity contribution >= 4 is 20.1 Å². The normalized spacial score (nSPS) is 38.9. The molecule has 1 aromatic carbocycles. The van der Waals surface area contributed by atoms with Crippen molar-refractivity contribution in [3.63, 3.8) is 0 Å². The Hall–Kier alpha value is -1.96. The van der Waals surface area contributed by atoms with Crippen LogP contribution in [0.5, 0.6) is 0 Å². The van der Waals surface area contributed by atoms with Gasteiger partial charge in [-0.1, -0.05) is 52.8 Å². The van der Waals surface area contributed by atoms with E-state index in [-0.39, 0.29) is 24.0 Å². The van der Waals surface area contributed by atoms with Gasteiger partial charge in [0.05, 0.1) is 35.9 Å². The molecule has 246 valence electrons. The van der Waals surface area contributed by atoms with Gasteiger partial charge in [-0.2, -0.15) is 0 Å². The molecule has 2 saturated carbocycles. The van der Waals surface area contributed by atoms with Crippen LogP contribution in [0.15, 0.2) is 41.5 Å². The summed E-state index contributed by atoms with van der Waals surface area (Å²) in [5, 5.41) is 70.4. The zero-order chi connectivity index (χ0) is 33.0. The van der Waals surface area contributed by atoms with Gasteiger partial charge in [-0.25, -0.2) is 4.79 Å². The van der Waals surface area contributed by atoms with E-state index in [2.05, 4.69) is 0 Å². The van der Waals surface area contributed by atoms with Crippen molar-refractivity contribution in [2.45, 2.75) is 121 Å². The molecule has 0 aromatic heterocycles. The lowest BCUT2D eigenvalue weighted by Crippen LogP contribution is -2.78. The van der Waals surface area contributed by atoms with Crippen LogP contribution >= 0.6 is 0 Å². The molecule has 1 aromatic rings. The van der Waals surface area contributed by atoms with E-state index in [9.17, 15) is 40.2 Å². The Morgan fingerprint density at radius 2 is 1.57 bits per heavy atom. The molecule has 0 amide bonds. The molecular formula is C33H50O10Si. The van der Waals surface area contributed by atoms with Gasteiger partial charge in [0.25, 0.3) is 0 Å². The molecule has 3 aliphatic rings. The topological polar surface area (TPSA) is 174 Å². The fourth-order valence-corrected chi connectivity index (χ4v) is 11.3. The van der Waals surface area contributed by atoms with Gasteiger partial charge in [0.2, 0.25) is 0 Å². The van der Waals surface area contributed by atoms with Crippen molar-refractivity contribution in [1.29, 1.82) is 0 Å². The number of carbonyl (C=O) groups is 2. The van der Waals surface area contributed by atoms with Gasteiger partial charge in [0, 0.05) is 24.2 Å². The van der Waals surface area contributed by atoms with Crippen LogP contribution in [0.3, 0.4) is 0 Å². The predicted octanol–water partition coefficient (Wildman–Crippen LogP) is 2.49. The number of carbonyl (C=O) groups excluding carboxylic acids is 2. The van der Waals surface area contributed by atoms with Crippen molar-refractivity contribution in [3.8, 4) is 0 Å². The Kier molecular flexibility index (Phi) is 9.52. The highest BCUT2D eigenvalue weighted by Crippen LogP contribution is 2.62. The van der Waals surface area contributed by atoms with Crippen LogP contribution in [-0.4, -0.2) is 99.0 Å². The minimum absolute atomic E-state index is 0.103. The van der Waals surface area contributed by atoms with E-state index >= 15 is 0 Å². The molecule has 44 heavy (non-hydrogen) atoms. The van der Waals surface area contributed by atoms with E-state index in [1.807, 2.05) is 20.8 Å². The second kappa shape index (κ2) is 12.0. The number of benzene rings is 1. The summed E-state index contributed by atoms with van der Waals surface area (Å²) in [4.78, 5) is 28.6. The third kappa shape index (κ3) is 4.95. The third-order valence-electron chi connectivity index (χ3n) is 11.7. The summed E-state index contributed by atoms with van der Waals surface area (Å²) in [6.45, 7) is 11.3. The largest absolute Gasteiger partial charge is 0.455 e. The van der Waals surface area contributed by atoms with Gasteiger partial charge in [-0.3, -0.25) is 4.79 Å². The van der Waals surface area contributed by atoms with Crippen molar-refractivity contribution in [2.75, 3.05) is 6.61 Å². The maximum atomic E-state index is 14.8. The number of esters is 1. The molecule has 0 heterocycles. The van der Waals surface area contributed by atoms with E-state index in [1.165, 1.54) is 19.1 Å². The van der Waals surface area contributed by atoms with Crippen LogP contribution in [0, 0.1) is 16.7 Å². The number of ketones is 1. The van der Waals surface area contributed by atoms with Crippen LogP contribution in [0.4, 0.5) is 0 Å². The van der Waals surface area contributed by atoms with E-state index in [0.29, 0.717) is 23.7 Å². The number of hydrogen-bond acceptors (Lipinski definition) is 10. The molecule has 11 heteroatoms. The second-order valence-electron chi connectivity index (χ2n) is 13.8. The van der Waals surface area contributed by atoms with Crippen molar-refractivity contribution < 1.29 is 49.4 Å². The number of rotatable bonds is 8.